The Kier molecular flexibility index (Phi) is 7.16. The van der Waals surface area contributed by atoms with Gasteiger partial charge in [-0.05, 0) is 29.8 Å². The summed E-state index contributed by atoms with van der Waals surface area (Å²) in [5.74, 6) is -0.135. The van der Waals surface area contributed by atoms with Crippen molar-refractivity contribution in [1.82, 2.24) is 19.4 Å². The molecule has 33 heavy (non-hydrogen) atoms. The summed E-state index contributed by atoms with van der Waals surface area (Å²) < 4.78 is 8.25. The molecule has 0 spiro atoms. The fourth-order valence-corrected chi connectivity index (χ4v) is 4.04. The summed E-state index contributed by atoms with van der Waals surface area (Å²) in [6, 6.07) is 14.4. The van der Waals surface area contributed by atoms with Crippen LogP contribution in [0.2, 0.25) is 0 Å². The number of carbonyl (C=O) groups is 1. The number of ether oxygens (including phenoxy) is 1. The zero-order chi connectivity index (χ0) is 23.2. The SMILES string of the molecule is C=CCn1c(=O)c(=O)n(Cc2ccc(C(=O)NCCN3CCOCC3)cc2)c2ccccc21. The number of hydrogen-bond donors (Lipinski definition) is 1. The van der Waals surface area contributed by atoms with Crippen molar-refractivity contribution in [1.29, 1.82) is 0 Å². The van der Waals surface area contributed by atoms with E-state index in [4.69, 9.17) is 4.74 Å². The van der Waals surface area contributed by atoms with Crippen LogP contribution in [-0.4, -0.2) is 59.3 Å². The van der Waals surface area contributed by atoms with Gasteiger partial charge in [-0.3, -0.25) is 28.4 Å². The average Bonchev–Trinajstić information content (AvgIpc) is 2.85. The maximum atomic E-state index is 12.8. The summed E-state index contributed by atoms with van der Waals surface area (Å²) in [5.41, 5.74) is 1.57. The topological polar surface area (TPSA) is 85.6 Å². The Morgan fingerprint density at radius 3 is 2.27 bits per heavy atom. The highest BCUT2D eigenvalue weighted by molar-refractivity contribution is 5.94. The summed E-state index contributed by atoms with van der Waals surface area (Å²) in [4.78, 5) is 40.2. The average molecular weight is 449 g/mol. The molecule has 2 heterocycles. The van der Waals surface area contributed by atoms with E-state index in [1.54, 1.807) is 18.2 Å². The number of nitrogens with one attached hydrogen (secondary N) is 1. The molecule has 1 N–H and O–H groups in total. The van der Waals surface area contributed by atoms with Gasteiger partial charge in [0.25, 0.3) is 5.91 Å². The monoisotopic (exact) mass is 448 g/mol. The first-order chi connectivity index (χ1) is 16.1. The van der Waals surface area contributed by atoms with Gasteiger partial charge in [0.2, 0.25) is 0 Å². The molecule has 8 heteroatoms. The van der Waals surface area contributed by atoms with Crippen molar-refractivity contribution in [3.05, 3.63) is 93.0 Å². The van der Waals surface area contributed by atoms with Crippen LogP contribution in [0.5, 0.6) is 0 Å². The fourth-order valence-electron chi connectivity index (χ4n) is 4.04. The van der Waals surface area contributed by atoms with Crippen LogP contribution in [0.4, 0.5) is 0 Å². The molecule has 2 aromatic carbocycles. The molecule has 1 aromatic heterocycles. The maximum Gasteiger partial charge on any atom is 0.317 e. The number of nitrogens with zero attached hydrogens (tertiary/aromatic N) is 3. The Morgan fingerprint density at radius 2 is 1.61 bits per heavy atom. The van der Waals surface area contributed by atoms with Crippen LogP contribution in [0.1, 0.15) is 15.9 Å². The van der Waals surface area contributed by atoms with E-state index < -0.39 is 11.1 Å². The van der Waals surface area contributed by atoms with Gasteiger partial charge >= 0.3 is 11.1 Å². The van der Waals surface area contributed by atoms with Crippen molar-refractivity contribution in [3.63, 3.8) is 0 Å². The van der Waals surface area contributed by atoms with Crippen LogP contribution in [0, 0.1) is 0 Å². The van der Waals surface area contributed by atoms with Crippen LogP contribution < -0.4 is 16.4 Å². The van der Waals surface area contributed by atoms with Crippen molar-refractivity contribution in [3.8, 4) is 0 Å². The lowest BCUT2D eigenvalue weighted by molar-refractivity contribution is 0.0383. The third-order valence-corrected chi connectivity index (χ3v) is 5.82. The number of carbonyl (C=O) groups excluding carboxylic acids is 1. The zero-order valence-electron chi connectivity index (χ0n) is 18.5. The van der Waals surface area contributed by atoms with Gasteiger partial charge in [0.05, 0.1) is 30.8 Å². The Hall–Kier alpha value is -3.49. The molecule has 1 aliphatic heterocycles. The molecular formula is C25H28N4O4. The van der Waals surface area contributed by atoms with E-state index in [0.29, 0.717) is 23.1 Å². The normalized spacial score (nSPS) is 14.3. The molecule has 0 atom stereocenters. The second kappa shape index (κ2) is 10.4. The van der Waals surface area contributed by atoms with Crippen molar-refractivity contribution in [2.75, 3.05) is 39.4 Å². The molecule has 0 unspecified atom stereocenters. The van der Waals surface area contributed by atoms with Gasteiger partial charge in [-0.2, -0.15) is 0 Å². The Labute approximate surface area is 191 Å². The quantitative estimate of drug-likeness (QED) is 0.417. The van der Waals surface area contributed by atoms with Crippen molar-refractivity contribution in [2.24, 2.45) is 0 Å². The van der Waals surface area contributed by atoms with Crippen LogP contribution >= 0.6 is 0 Å². The first-order valence-corrected chi connectivity index (χ1v) is 11.1. The van der Waals surface area contributed by atoms with Crippen molar-refractivity contribution in [2.45, 2.75) is 13.1 Å². The molecule has 1 saturated heterocycles. The first kappa shape index (κ1) is 22.7. The number of aromatic nitrogens is 2. The predicted molar refractivity (Wildman–Crippen MR) is 128 cm³/mol. The van der Waals surface area contributed by atoms with E-state index >= 15 is 0 Å². The number of hydrogen-bond acceptors (Lipinski definition) is 5. The molecule has 172 valence electrons. The predicted octanol–water partition coefficient (Wildman–Crippen LogP) is 1.46. The fraction of sp³-hybridized carbons (Fsp3) is 0.320. The number of rotatable bonds is 8. The summed E-state index contributed by atoms with van der Waals surface area (Å²) in [6.45, 7) is 8.79. The van der Waals surface area contributed by atoms with Crippen LogP contribution in [0.25, 0.3) is 11.0 Å². The van der Waals surface area contributed by atoms with Gasteiger partial charge < -0.3 is 10.1 Å². The molecular weight excluding hydrogens is 420 g/mol. The summed E-state index contributed by atoms with van der Waals surface area (Å²) in [5, 5.41) is 2.95. The van der Waals surface area contributed by atoms with E-state index in [1.807, 2.05) is 36.4 Å². The maximum absolute atomic E-state index is 12.8. The molecule has 0 radical (unpaired) electrons. The van der Waals surface area contributed by atoms with Gasteiger partial charge in [-0.1, -0.05) is 30.3 Å². The van der Waals surface area contributed by atoms with E-state index in [1.165, 1.54) is 9.13 Å². The summed E-state index contributed by atoms with van der Waals surface area (Å²) in [7, 11) is 0. The van der Waals surface area contributed by atoms with Gasteiger partial charge in [0.1, 0.15) is 0 Å². The lowest BCUT2D eigenvalue weighted by Crippen LogP contribution is -2.41. The van der Waals surface area contributed by atoms with E-state index in [0.717, 1.165) is 38.4 Å². The standard InChI is InChI=1S/C25H28N4O4/c1-2-12-28-21-5-3-4-6-22(21)29(25(32)24(28)31)18-19-7-9-20(10-8-19)23(30)26-11-13-27-14-16-33-17-15-27/h2-10H,1,11-18H2,(H,26,30). The highest BCUT2D eigenvalue weighted by Crippen LogP contribution is 2.13. The second-order valence-corrected chi connectivity index (χ2v) is 7.99. The number of para-hydroxylation sites is 2. The molecule has 0 aliphatic carbocycles. The third-order valence-electron chi connectivity index (χ3n) is 5.82. The van der Waals surface area contributed by atoms with Crippen LogP contribution in [0.15, 0.2) is 70.8 Å². The molecule has 1 fully saturated rings. The molecule has 1 amide bonds. The van der Waals surface area contributed by atoms with Gasteiger partial charge in [0, 0.05) is 38.3 Å². The van der Waals surface area contributed by atoms with E-state index in [2.05, 4.69) is 16.8 Å². The highest BCUT2D eigenvalue weighted by atomic mass is 16.5. The van der Waals surface area contributed by atoms with E-state index in [-0.39, 0.29) is 19.0 Å². The smallest absolute Gasteiger partial charge is 0.317 e. The summed E-state index contributed by atoms with van der Waals surface area (Å²) in [6.07, 6.45) is 1.60. The number of allylic oxidation sites excluding steroid dienone is 1. The number of benzene rings is 2. The van der Waals surface area contributed by atoms with Gasteiger partial charge in [-0.25, -0.2) is 0 Å². The largest absolute Gasteiger partial charge is 0.379 e. The van der Waals surface area contributed by atoms with Gasteiger partial charge in [0.15, 0.2) is 0 Å². The molecule has 0 saturated carbocycles. The zero-order valence-corrected chi connectivity index (χ0v) is 18.5. The molecule has 0 bridgehead atoms. The highest BCUT2D eigenvalue weighted by Gasteiger charge is 2.14. The third kappa shape index (κ3) is 5.13. The lowest BCUT2D eigenvalue weighted by Gasteiger charge is -2.26. The molecule has 8 nitrogen and oxygen atoms in total. The van der Waals surface area contributed by atoms with Crippen LogP contribution in [0.3, 0.4) is 0 Å². The van der Waals surface area contributed by atoms with Crippen molar-refractivity contribution >= 4 is 16.9 Å². The molecule has 1 aliphatic rings. The van der Waals surface area contributed by atoms with Crippen LogP contribution in [-0.2, 0) is 17.8 Å². The van der Waals surface area contributed by atoms with Gasteiger partial charge in [-0.15, -0.1) is 6.58 Å². The second-order valence-electron chi connectivity index (χ2n) is 7.99. The lowest BCUT2D eigenvalue weighted by atomic mass is 10.1. The summed E-state index contributed by atoms with van der Waals surface area (Å²) >= 11 is 0. The minimum absolute atomic E-state index is 0.135. The molecule has 3 aromatic rings. The number of morpholine rings is 1. The van der Waals surface area contributed by atoms with E-state index in [9.17, 15) is 14.4 Å². The first-order valence-electron chi connectivity index (χ1n) is 11.1. The number of amides is 1. The minimum atomic E-state index is -0.583. The Balaban J connectivity index is 1.48. The molecule has 4 rings (SSSR count). The Morgan fingerprint density at radius 1 is 0.970 bits per heavy atom. The Bertz CT molecular complexity index is 1250. The minimum Gasteiger partial charge on any atom is -0.379 e. The van der Waals surface area contributed by atoms with Crippen molar-refractivity contribution < 1.29 is 9.53 Å². The number of fused-ring (bicyclic) bond motifs is 1.